The van der Waals surface area contributed by atoms with Gasteiger partial charge in [0.05, 0.1) is 0 Å². The topological polar surface area (TPSA) is 27.7 Å². The molecule has 34 heavy (non-hydrogen) atoms. The van der Waals surface area contributed by atoms with Crippen molar-refractivity contribution in [2.75, 3.05) is 0 Å². The number of ether oxygens (including phenoxy) is 3. The minimum absolute atomic E-state index is 0.463. The minimum Gasteiger partial charge on any atom is -0.489 e. The first-order valence-corrected chi connectivity index (χ1v) is 11.8. The molecule has 3 heteroatoms. The zero-order valence-electron chi connectivity index (χ0n) is 20.2. The van der Waals surface area contributed by atoms with Crippen LogP contribution in [0.5, 0.6) is 17.2 Å². The third-order valence-electron chi connectivity index (χ3n) is 5.78. The van der Waals surface area contributed by atoms with Crippen LogP contribution in [0.3, 0.4) is 0 Å². The second kappa shape index (κ2) is 11.4. The van der Waals surface area contributed by atoms with Crippen LogP contribution in [0, 0.1) is 13.8 Å². The molecule has 4 aromatic rings. The van der Waals surface area contributed by atoms with Crippen molar-refractivity contribution in [1.82, 2.24) is 0 Å². The Bertz CT molecular complexity index is 1180. The van der Waals surface area contributed by atoms with Crippen LogP contribution in [-0.4, -0.2) is 0 Å². The van der Waals surface area contributed by atoms with Crippen molar-refractivity contribution in [3.8, 4) is 17.2 Å². The van der Waals surface area contributed by atoms with E-state index in [-0.39, 0.29) is 0 Å². The molecule has 0 aliphatic carbocycles. The largest absolute Gasteiger partial charge is 0.489 e. The molecule has 0 amide bonds. The number of benzene rings is 4. The summed E-state index contributed by atoms with van der Waals surface area (Å²) in [5.41, 5.74) is 7.04. The molecule has 0 heterocycles. The lowest BCUT2D eigenvalue weighted by Gasteiger charge is -2.15. The molecule has 0 saturated heterocycles. The summed E-state index contributed by atoms with van der Waals surface area (Å²) in [4.78, 5) is 0. The van der Waals surface area contributed by atoms with E-state index < -0.39 is 0 Å². The van der Waals surface area contributed by atoms with Crippen molar-refractivity contribution < 1.29 is 14.2 Å². The second-order valence-corrected chi connectivity index (χ2v) is 8.62. The highest BCUT2D eigenvalue weighted by atomic mass is 16.5. The molecule has 0 fully saturated rings. The summed E-state index contributed by atoms with van der Waals surface area (Å²) in [5, 5.41) is 0. The fourth-order valence-corrected chi connectivity index (χ4v) is 3.55. The van der Waals surface area contributed by atoms with Gasteiger partial charge in [-0.1, -0.05) is 84.8 Å². The van der Waals surface area contributed by atoms with E-state index in [9.17, 15) is 0 Å². The Hall–Kier alpha value is -3.72. The maximum absolute atomic E-state index is 6.21. The third-order valence-corrected chi connectivity index (χ3v) is 5.78. The summed E-state index contributed by atoms with van der Waals surface area (Å²) in [6.45, 7) is 7.74. The molecule has 0 N–H and O–H groups in total. The highest BCUT2D eigenvalue weighted by molar-refractivity contribution is 5.43. The molecule has 0 bridgehead atoms. The molecule has 0 atom stereocenters. The molecule has 174 valence electrons. The van der Waals surface area contributed by atoms with Crippen molar-refractivity contribution in [3.63, 3.8) is 0 Å². The predicted octanol–water partition coefficient (Wildman–Crippen LogP) is 7.60. The van der Waals surface area contributed by atoms with Crippen LogP contribution >= 0.6 is 0 Å². The van der Waals surface area contributed by atoms with E-state index in [1.54, 1.807) is 0 Å². The van der Waals surface area contributed by atoms with Gasteiger partial charge in [-0.05, 0) is 66.8 Å². The summed E-state index contributed by atoms with van der Waals surface area (Å²) < 4.78 is 18.4. The molecule has 0 spiro atoms. The predicted molar refractivity (Wildman–Crippen MR) is 138 cm³/mol. The molecule has 0 aliphatic heterocycles. The molecule has 4 aromatic carbocycles. The standard InChI is InChI=1S/C31H32O3/c1-4-25-13-16-29(17-14-25)32-22-28-15-18-30(33-20-26-9-5-23(2)6-10-26)31(19-28)34-21-27-11-7-24(3)8-12-27/h5-19H,4,20-22H2,1-3H3. The highest BCUT2D eigenvalue weighted by Gasteiger charge is 2.09. The zero-order chi connectivity index (χ0) is 23.8. The van der Waals surface area contributed by atoms with Crippen LogP contribution in [0.2, 0.25) is 0 Å². The van der Waals surface area contributed by atoms with E-state index >= 15 is 0 Å². The Morgan fingerprint density at radius 1 is 0.471 bits per heavy atom. The molecular weight excluding hydrogens is 420 g/mol. The van der Waals surface area contributed by atoms with E-state index in [4.69, 9.17) is 14.2 Å². The van der Waals surface area contributed by atoms with Gasteiger partial charge >= 0.3 is 0 Å². The van der Waals surface area contributed by atoms with Crippen LogP contribution in [0.25, 0.3) is 0 Å². The second-order valence-electron chi connectivity index (χ2n) is 8.62. The Morgan fingerprint density at radius 2 is 0.941 bits per heavy atom. The Kier molecular flexibility index (Phi) is 7.87. The first kappa shape index (κ1) is 23.4. The number of hydrogen-bond acceptors (Lipinski definition) is 3. The van der Waals surface area contributed by atoms with E-state index in [1.165, 1.54) is 16.7 Å². The van der Waals surface area contributed by atoms with Gasteiger partial charge in [0.15, 0.2) is 11.5 Å². The highest BCUT2D eigenvalue weighted by Crippen LogP contribution is 2.31. The SMILES string of the molecule is CCc1ccc(OCc2ccc(OCc3ccc(C)cc3)c(OCc3ccc(C)cc3)c2)cc1. The lowest BCUT2D eigenvalue weighted by Crippen LogP contribution is -2.03. The van der Waals surface area contributed by atoms with Crippen molar-refractivity contribution >= 4 is 0 Å². The maximum atomic E-state index is 6.21. The zero-order valence-corrected chi connectivity index (χ0v) is 20.2. The maximum Gasteiger partial charge on any atom is 0.162 e. The van der Waals surface area contributed by atoms with E-state index in [1.807, 2.05) is 30.3 Å². The lowest BCUT2D eigenvalue weighted by molar-refractivity contribution is 0.254. The fourth-order valence-electron chi connectivity index (χ4n) is 3.55. The van der Waals surface area contributed by atoms with Gasteiger partial charge in [0, 0.05) is 0 Å². The van der Waals surface area contributed by atoms with Crippen LogP contribution in [-0.2, 0) is 26.2 Å². The van der Waals surface area contributed by atoms with Gasteiger partial charge in [-0.2, -0.15) is 0 Å². The summed E-state index contributed by atoms with van der Waals surface area (Å²) >= 11 is 0. The molecule has 0 aromatic heterocycles. The normalized spacial score (nSPS) is 10.7. The van der Waals surface area contributed by atoms with Crippen molar-refractivity contribution in [2.24, 2.45) is 0 Å². The average molecular weight is 453 g/mol. The van der Waals surface area contributed by atoms with Crippen LogP contribution in [0.15, 0.2) is 91.0 Å². The van der Waals surface area contributed by atoms with Crippen LogP contribution in [0.4, 0.5) is 0 Å². The summed E-state index contributed by atoms with van der Waals surface area (Å²) in [7, 11) is 0. The van der Waals surface area contributed by atoms with Crippen LogP contribution in [0.1, 0.15) is 40.3 Å². The van der Waals surface area contributed by atoms with Gasteiger partial charge in [-0.15, -0.1) is 0 Å². The number of hydrogen-bond donors (Lipinski definition) is 0. The third kappa shape index (κ3) is 6.64. The summed E-state index contributed by atoms with van der Waals surface area (Å²) in [5.74, 6) is 2.30. The van der Waals surface area contributed by atoms with E-state index in [0.29, 0.717) is 19.8 Å². The molecule has 0 radical (unpaired) electrons. The molecule has 0 saturated carbocycles. The first-order valence-electron chi connectivity index (χ1n) is 11.8. The van der Waals surface area contributed by atoms with Crippen LogP contribution < -0.4 is 14.2 Å². The lowest BCUT2D eigenvalue weighted by atomic mass is 10.1. The molecule has 0 unspecified atom stereocenters. The van der Waals surface area contributed by atoms with Crippen molar-refractivity contribution in [2.45, 2.75) is 47.0 Å². The van der Waals surface area contributed by atoms with Gasteiger partial charge < -0.3 is 14.2 Å². The smallest absolute Gasteiger partial charge is 0.162 e. The Labute approximate surface area is 202 Å². The molecular formula is C31H32O3. The van der Waals surface area contributed by atoms with E-state index in [0.717, 1.165) is 40.4 Å². The minimum atomic E-state index is 0.463. The average Bonchev–Trinajstić information content (AvgIpc) is 2.87. The summed E-state index contributed by atoms with van der Waals surface area (Å²) in [6, 6.07) is 31.0. The van der Waals surface area contributed by atoms with Crippen molar-refractivity contribution in [1.29, 1.82) is 0 Å². The van der Waals surface area contributed by atoms with Gasteiger partial charge in [0.1, 0.15) is 25.6 Å². The Morgan fingerprint density at radius 3 is 1.50 bits per heavy atom. The van der Waals surface area contributed by atoms with E-state index in [2.05, 4.69) is 81.4 Å². The monoisotopic (exact) mass is 452 g/mol. The van der Waals surface area contributed by atoms with Gasteiger partial charge in [-0.25, -0.2) is 0 Å². The van der Waals surface area contributed by atoms with Gasteiger partial charge in [0.2, 0.25) is 0 Å². The number of aryl methyl sites for hydroxylation is 3. The quantitative estimate of drug-likeness (QED) is 0.248. The van der Waals surface area contributed by atoms with Crippen molar-refractivity contribution in [3.05, 3.63) is 124 Å². The Balaban J connectivity index is 1.47. The first-order chi connectivity index (χ1) is 16.6. The van der Waals surface area contributed by atoms with Gasteiger partial charge in [0.25, 0.3) is 0 Å². The number of rotatable bonds is 10. The molecule has 4 rings (SSSR count). The molecule has 3 nitrogen and oxygen atoms in total. The van der Waals surface area contributed by atoms with Gasteiger partial charge in [-0.3, -0.25) is 0 Å². The summed E-state index contributed by atoms with van der Waals surface area (Å²) in [6.07, 6.45) is 1.02. The molecule has 0 aliphatic rings. The fraction of sp³-hybridized carbons (Fsp3) is 0.226.